The van der Waals surface area contributed by atoms with Crippen molar-refractivity contribution in [3.05, 3.63) is 0 Å². The van der Waals surface area contributed by atoms with E-state index in [-0.39, 0.29) is 6.29 Å². The van der Waals surface area contributed by atoms with Crippen molar-refractivity contribution in [3.8, 4) is 0 Å². The minimum Gasteiger partial charge on any atom is -0.394 e. The summed E-state index contributed by atoms with van der Waals surface area (Å²) >= 11 is 0. The number of carbonyl (C=O) groups excluding carboxylic acids is 1. The molecule has 0 spiro atoms. The normalized spacial score (nSPS) is 24.9. The maximum Gasteiger partial charge on any atom is 0.171 e. The first-order valence-electron chi connectivity index (χ1n) is 3.74. The van der Waals surface area contributed by atoms with Crippen molar-refractivity contribution in [2.45, 2.75) is 17.8 Å². The van der Waals surface area contributed by atoms with Crippen LogP contribution in [0, 0.1) is 0 Å². The van der Waals surface area contributed by atoms with E-state index in [0.29, 0.717) is 0 Å². The molecule has 5 N–H and O–H groups in total. The molecular weight excluding hydrogens is 168 g/mol. The molecule has 0 aliphatic rings. The molecule has 0 bridgehead atoms. The van der Waals surface area contributed by atoms with Crippen LogP contribution >= 0.6 is 0 Å². The van der Waals surface area contributed by atoms with Crippen molar-refractivity contribution in [1.29, 1.82) is 0 Å². The first-order chi connectivity index (χ1) is 5.90. The van der Waals surface area contributed by atoms with Gasteiger partial charge in [-0.15, -0.1) is 0 Å². The second-order valence-corrected chi connectivity index (χ2v) is 2.33. The van der Waals surface area contributed by atoms with E-state index < -0.39 is 31.0 Å². The molecule has 0 amide bonds. The van der Waals surface area contributed by atoms with Gasteiger partial charge in [0.1, 0.15) is 12.2 Å². The van der Waals surface area contributed by atoms with Crippen LogP contribution in [0.4, 0.5) is 0 Å². The third-order valence-electron chi connectivity index (χ3n) is 1.42. The maximum absolute atomic E-state index is 10.2. The number of aliphatic hydroxyl groups is 5. The highest BCUT2D eigenvalue weighted by Gasteiger charge is 2.39. The van der Waals surface area contributed by atoms with Crippen molar-refractivity contribution in [1.82, 2.24) is 0 Å². The molecule has 0 saturated heterocycles. The Labute approximate surface area is 70.1 Å². The Balaban J connectivity index is 4.65. The van der Waals surface area contributed by atoms with Gasteiger partial charge in [-0.1, -0.05) is 0 Å². The lowest BCUT2D eigenvalue weighted by atomic mass is 9.95. The van der Waals surface area contributed by atoms with Gasteiger partial charge in [0.15, 0.2) is 11.9 Å². The molecule has 4 atom stereocenters. The molecule has 0 aromatic carbocycles. The molecule has 72 valence electrons. The fourth-order valence-corrected chi connectivity index (χ4v) is 0.585. The zero-order valence-electron chi connectivity index (χ0n) is 7.16. The van der Waals surface area contributed by atoms with Gasteiger partial charge in [0.25, 0.3) is 0 Å². The summed E-state index contributed by atoms with van der Waals surface area (Å²) in [6.07, 6.45) is -4.16. The van der Waals surface area contributed by atoms with Crippen molar-refractivity contribution in [3.63, 3.8) is 0 Å². The molecule has 0 saturated carbocycles. The zero-order chi connectivity index (χ0) is 10.6. The van der Waals surface area contributed by atoms with Gasteiger partial charge in [-0.25, -0.2) is 0 Å². The smallest absolute Gasteiger partial charge is 0.171 e. The predicted octanol–water partition coefficient (Wildman–Crippen LogP) is -3.38. The topological polar surface area (TPSA) is 118 Å². The number of aliphatic hydroxyl groups excluding tert-OH is 4. The monoisotopic (exact) mass is 181 g/mol. The lowest BCUT2D eigenvalue weighted by molar-refractivity contribution is -0.162. The summed E-state index contributed by atoms with van der Waals surface area (Å²) in [7, 11) is 0. The standard InChI is InChI=1S/C6H12O6/c7-1-4(10)5(11)6(12,2-8)3-9/h2,4-5,7,9-12H,1,3H2/t4-,5+,6-/m1/s1/i3D/t3?,4-,5+,6-. The van der Waals surface area contributed by atoms with E-state index in [9.17, 15) is 4.79 Å². The van der Waals surface area contributed by atoms with Crippen LogP contribution in [-0.4, -0.2) is 62.8 Å². The van der Waals surface area contributed by atoms with Crippen LogP contribution < -0.4 is 0 Å². The third kappa shape index (κ3) is 2.23. The molecule has 12 heavy (non-hydrogen) atoms. The average molecular weight is 181 g/mol. The molecule has 0 aliphatic heterocycles. The summed E-state index contributed by atoms with van der Waals surface area (Å²) in [5, 5.41) is 44.0. The summed E-state index contributed by atoms with van der Waals surface area (Å²) in [6, 6.07) is 0. The zero-order valence-corrected chi connectivity index (χ0v) is 6.16. The quantitative estimate of drug-likeness (QED) is 0.282. The van der Waals surface area contributed by atoms with Crippen LogP contribution in [0.25, 0.3) is 0 Å². The van der Waals surface area contributed by atoms with E-state index in [4.69, 9.17) is 26.9 Å². The summed E-state index contributed by atoms with van der Waals surface area (Å²) < 4.78 is 6.65. The Kier molecular flexibility index (Phi) is 3.57. The molecule has 1 unspecified atom stereocenters. The number of rotatable bonds is 5. The van der Waals surface area contributed by atoms with Crippen molar-refractivity contribution >= 4 is 6.29 Å². The van der Waals surface area contributed by atoms with Gasteiger partial charge in [-0.3, -0.25) is 4.79 Å². The van der Waals surface area contributed by atoms with Gasteiger partial charge in [-0.2, -0.15) is 0 Å². The van der Waals surface area contributed by atoms with E-state index in [0.717, 1.165) is 0 Å². The van der Waals surface area contributed by atoms with Crippen molar-refractivity contribution in [2.24, 2.45) is 0 Å². The maximum atomic E-state index is 10.2. The first-order valence-corrected chi connectivity index (χ1v) is 3.16. The fraction of sp³-hybridized carbons (Fsp3) is 0.833. The number of hydrogen-bond donors (Lipinski definition) is 5. The van der Waals surface area contributed by atoms with Crippen molar-refractivity contribution < 1.29 is 31.7 Å². The molecule has 0 aromatic heterocycles. The molecule has 6 heteroatoms. The summed E-state index contributed by atoms with van der Waals surface area (Å²) in [6.45, 7) is -3.19. The van der Waals surface area contributed by atoms with Crippen LogP contribution in [0.3, 0.4) is 0 Å². The van der Waals surface area contributed by atoms with Crippen LogP contribution in [0.15, 0.2) is 0 Å². The number of carbonyl (C=O) groups is 1. The van der Waals surface area contributed by atoms with E-state index in [1.807, 2.05) is 0 Å². The molecular formula is C6H12O6. The van der Waals surface area contributed by atoms with Crippen molar-refractivity contribution in [2.75, 3.05) is 13.2 Å². The van der Waals surface area contributed by atoms with Crippen LogP contribution in [-0.2, 0) is 4.79 Å². The fourth-order valence-electron chi connectivity index (χ4n) is 0.585. The highest BCUT2D eigenvalue weighted by Crippen LogP contribution is 2.10. The Hall–Kier alpha value is -0.530. The highest BCUT2D eigenvalue weighted by molar-refractivity contribution is 5.63. The lowest BCUT2D eigenvalue weighted by Gasteiger charge is -2.27. The van der Waals surface area contributed by atoms with Gasteiger partial charge < -0.3 is 25.5 Å². The number of hydrogen-bond acceptors (Lipinski definition) is 6. The third-order valence-corrected chi connectivity index (χ3v) is 1.42. The Morgan fingerprint density at radius 3 is 2.25 bits per heavy atom. The molecule has 0 radical (unpaired) electrons. The second-order valence-electron chi connectivity index (χ2n) is 2.33. The largest absolute Gasteiger partial charge is 0.394 e. The van der Waals surface area contributed by atoms with E-state index in [1.54, 1.807) is 0 Å². The molecule has 0 aromatic rings. The Morgan fingerprint density at radius 2 is 2.00 bits per heavy atom. The van der Waals surface area contributed by atoms with E-state index in [2.05, 4.69) is 0 Å². The van der Waals surface area contributed by atoms with E-state index >= 15 is 0 Å². The highest BCUT2D eigenvalue weighted by atomic mass is 16.4. The summed E-state index contributed by atoms with van der Waals surface area (Å²) in [5.74, 6) is 0. The molecule has 6 nitrogen and oxygen atoms in total. The van der Waals surface area contributed by atoms with Gasteiger partial charge >= 0.3 is 0 Å². The van der Waals surface area contributed by atoms with Gasteiger partial charge in [0, 0.05) is 0 Å². The Morgan fingerprint density at radius 1 is 1.50 bits per heavy atom. The summed E-state index contributed by atoms with van der Waals surface area (Å²) in [5.41, 5.74) is -2.79. The molecule has 0 rings (SSSR count). The van der Waals surface area contributed by atoms with Crippen LogP contribution in [0.5, 0.6) is 0 Å². The van der Waals surface area contributed by atoms with Gasteiger partial charge in [0.2, 0.25) is 0 Å². The minimum atomic E-state index is -2.79. The van der Waals surface area contributed by atoms with Crippen LogP contribution in [0.1, 0.15) is 1.37 Å². The minimum absolute atomic E-state index is 0.256. The molecule has 0 aliphatic carbocycles. The van der Waals surface area contributed by atoms with Gasteiger partial charge in [-0.05, 0) is 0 Å². The van der Waals surface area contributed by atoms with Gasteiger partial charge in [0.05, 0.1) is 14.6 Å². The lowest BCUT2D eigenvalue weighted by Crippen LogP contribution is -2.54. The summed E-state index contributed by atoms with van der Waals surface area (Å²) in [4.78, 5) is 10.2. The van der Waals surface area contributed by atoms with Crippen LogP contribution in [0.2, 0.25) is 0 Å². The molecule has 0 heterocycles. The Bertz CT molecular complexity index is 175. The SMILES string of the molecule is [2H]C(O)[C@](O)(C=O)[C@@H](O)[C@H](O)CO. The van der Waals surface area contributed by atoms with E-state index in [1.165, 1.54) is 0 Å². The first kappa shape index (κ1) is 9.56. The predicted molar refractivity (Wildman–Crippen MR) is 37.2 cm³/mol. The second kappa shape index (κ2) is 4.48. The average Bonchev–Trinajstić information content (AvgIpc) is 2.13. The number of aldehydes is 1. The molecule has 0 fully saturated rings.